The highest BCUT2D eigenvalue weighted by molar-refractivity contribution is 5.69. The molecule has 4 heteroatoms. The lowest BCUT2D eigenvalue weighted by Gasteiger charge is -2.32. The molecule has 88 valence electrons. The van der Waals surface area contributed by atoms with E-state index in [4.69, 9.17) is 10.8 Å². The highest BCUT2D eigenvalue weighted by atomic mass is 19.1. The van der Waals surface area contributed by atoms with Crippen molar-refractivity contribution in [1.29, 1.82) is 0 Å². The molecule has 16 heavy (non-hydrogen) atoms. The Morgan fingerprint density at radius 1 is 1.50 bits per heavy atom. The van der Waals surface area contributed by atoms with Crippen LogP contribution in [-0.2, 0) is 10.2 Å². The average molecular weight is 225 g/mol. The number of hydrogen-bond acceptors (Lipinski definition) is 2. The van der Waals surface area contributed by atoms with Gasteiger partial charge in [0.2, 0.25) is 0 Å². The molecule has 0 radical (unpaired) electrons. The fourth-order valence-electron chi connectivity index (χ4n) is 1.67. The maximum absolute atomic E-state index is 12.8. The first kappa shape index (κ1) is 12.6. The number of benzene rings is 1. The first-order valence-electron chi connectivity index (χ1n) is 5.09. The summed E-state index contributed by atoms with van der Waals surface area (Å²) < 4.78 is 12.8. The van der Waals surface area contributed by atoms with Crippen LogP contribution in [0, 0.1) is 5.82 Å². The van der Waals surface area contributed by atoms with E-state index in [2.05, 4.69) is 0 Å². The quantitative estimate of drug-likeness (QED) is 0.822. The monoisotopic (exact) mass is 225 g/mol. The summed E-state index contributed by atoms with van der Waals surface area (Å²) >= 11 is 0. The van der Waals surface area contributed by atoms with Gasteiger partial charge in [-0.3, -0.25) is 4.79 Å². The molecule has 0 heterocycles. The van der Waals surface area contributed by atoms with E-state index < -0.39 is 11.4 Å². The number of carbonyl (C=O) groups is 1. The van der Waals surface area contributed by atoms with Crippen LogP contribution >= 0.6 is 0 Å². The summed E-state index contributed by atoms with van der Waals surface area (Å²) in [5.41, 5.74) is 5.89. The lowest BCUT2D eigenvalue weighted by Crippen LogP contribution is -2.42. The zero-order chi connectivity index (χ0) is 12.3. The highest BCUT2D eigenvalue weighted by Crippen LogP contribution is 2.30. The molecule has 0 bridgehead atoms. The summed E-state index contributed by atoms with van der Waals surface area (Å²) in [5.74, 6) is -1.25. The van der Waals surface area contributed by atoms with E-state index >= 15 is 0 Å². The maximum Gasteiger partial charge on any atom is 0.304 e. The molecule has 1 aromatic carbocycles. The fraction of sp³-hybridized carbons (Fsp3) is 0.417. The van der Waals surface area contributed by atoms with Gasteiger partial charge >= 0.3 is 5.97 Å². The van der Waals surface area contributed by atoms with Gasteiger partial charge in [0.25, 0.3) is 0 Å². The Morgan fingerprint density at radius 3 is 2.38 bits per heavy atom. The SMILES string of the molecule is CC(N)C(C)(CC(=O)O)c1ccc(F)cc1. The molecule has 0 amide bonds. The lowest BCUT2D eigenvalue weighted by molar-refractivity contribution is -0.138. The Labute approximate surface area is 94.1 Å². The number of carboxylic acid groups (broad SMARTS) is 1. The van der Waals surface area contributed by atoms with E-state index in [0.717, 1.165) is 5.56 Å². The number of hydrogen-bond donors (Lipinski definition) is 2. The molecule has 0 saturated heterocycles. The molecule has 0 saturated carbocycles. The Kier molecular flexibility index (Phi) is 3.65. The molecule has 3 nitrogen and oxygen atoms in total. The largest absolute Gasteiger partial charge is 0.481 e. The number of rotatable bonds is 4. The minimum atomic E-state index is -0.913. The first-order chi connectivity index (χ1) is 7.36. The van der Waals surface area contributed by atoms with Crippen LogP contribution in [0.15, 0.2) is 24.3 Å². The molecule has 3 N–H and O–H groups in total. The molecule has 0 aromatic heterocycles. The molecular formula is C12H16FNO2. The second kappa shape index (κ2) is 4.61. The molecule has 0 fully saturated rings. The molecule has 2 atom stereocenters. The third kappa shape index (κ3) is 2.58. The van der Waals surface area contributed by atoms with E-state index in [1.165, 1.54) is 12.1 Å². The van der Waals surface area contributed by atoms with Crippen LogP contribution < -0.4 is 5.73 Å². The average Bonchev–Trinajstić information content (AvgIpc) is 2.17. The summed E-state index contributed by atoms with van der Waals surface area (Å²) in [6.45, 7) is 3.53. The maximum atomic E-state index is 12.8. The van der Waals surface area contributed by atoms with Crippen molar-refractivity contribution < 1.29 is 14.3 Å². The van der Waals surface area contributed by atoms with Gasteiger partial charge in [-0.05, 0) is 24.6 Å². The predicted octanol–water partition coefficient (Wildman–Crippen LogP) is 1.91. The van der Waals surface area contributed by atoms with Gasteiger partial charge in [0.05, 0.1) is 6.42 Å². The van der Waals surface area contributed by atoms with Crippen LogP contribution in [0.4, 0.5) is 4.39 Å². The first-order valence-corrected chi connectivity index (χ1v) is 5.09. The van der Waals surface area contributed by atoms with Crippen LogP contribution in [0.1, 0.15) is 25.8 Å². The molecular weight excluding hydrogens is 209 g/mol. The van der Waals surface area contributed by atoms with Gasteiger partial charge < -0.3 is 10.8 Å². The number of carboxylic acids is 1. The van der Waals surface area contributed by atoms with E-state index in [9.17, 15) is 9.18 Å². The molecule has 1 aromatic rings. The molecule has 0 aliphatic carbocycles. The zero-order valence-corrected chi connectivity index (χ0v) is 9.40. The third-order valence-corrected chi connectivity index (χ3v) is 3.03. The van der Waals surface area contributed by atoms with Crippen LogP contribution in [0.2, 0.25) is 0 Å². The van der Waals surface area contributed by atoms with Gasteiger partial charge in [-0.15, -0.1) is 0 Å². The summed E-state index contributed by atoms with van der Waals surface area (Å²) in [7, 11) is 0. The summed E-state index contributed by atoms with van der Waals surface area (Å²) in [6.07, 6.45) is -0.0731. The second-order valence-electron chi connectivity index (χ2n) is 4.28. The summed E-state index contributed by atoms with van der Waals surface area (Å²) in [6, 6.07) is 5.48. The topological polar surface area (TPSA) is 63.3 Å². The van der Waals surface area contributed by atoms with Gasteiger partial charge in [0.15, 0.2) is 0 Å². The van der Waals surface area contributed by atoms with Gasteiger partial charge in [0, 0.05) is 11.5 Å². The van der Waals surface area contributed by atoms with Gasteiger partial charge in [-0.2, -0.15) is 0 Å². The van der Waals surface area contributed by atoms with Crippen LogP contribution in [0.3, 0.4) is 0 Å². The van der Waals surface area contributed by atoms with Crippen LogP contribution in [-0.4, -0.2) is 17.1 Å². The predicted molar refractivity (Wildman–Crippen MR) is 59.7 cm³/mol. The number of halogens is 1. The van der Waals surface area contributed by atoms with Crippen molar-refractivity contribution in [3.63, 3.8) is 0 Å². The summed E-state index contributed by atoms with van der Waals surface area (Å²) in [5, 5.41) is 8.88. The Balaban J connectivity index is 3.10. The van der Waals surface area contributed by atoms with Crippen molar-refractivity contribution in [1.82, 2.24) is 0 Å². The smallest absolute Gasteiger partial charge is 0.304 e. The lowest BCUT2D eigenvalue weighted by atomic mass is 9.74. The minimum Gasteiger partial charge on any atom is -0.481 e. The standard InChI is InChI=1S/C12H16FNO2/c1-8(14)12(2,7-11(15)16)9-3-5-10(13)6-4-9/h3-6,8H,7,14H2,1-2H3,(H,15,16). The number of aliphatic carboxylic acids is 1. The van der Waals surface area contributed by atoms with Crippen molar-refractivity contribution in [2.45, 2.75) is 31.7 Å². The zero-order valence-electron chi connectivity index (χ0n) is 9.40. The fourth-order valence-corrected chi connectivity index (χ4v) is 1.67. The van der Waals surface area contributed by atoms with Crippen molar-refractivity contribution in [2.24, 2.45) is 5.73 Å². The molecule has 1 rings (SSSR count). The molecule has 0 aliphatic heterocycles. The van der Waals surface area contributed by atoms with E-state index in [1.807, 2.05) is 0 Å². The van der Waals surface area contributed by atoms with Gasteiger partial charge in [0.1, 0.15) is 5.82 Å². The normalized spacial score (nSPS) is 16.5. The molecule has 0 spiro atoms. The highest BCUT2D eigenvalue weighted by Gasteiger charge is 2.33. The minimum absolute atomic E-state index is 0.0731. The number of nitrogens with two attached hydrogens (primary N) is 1. The molecule has 2 unspecified atom stereocenters. The van der Waals surface area contributed by atoms with Gasteiger partial charge in [-0.25, -0.2) is 4.39 Å². The second-order valence-corrected chi connectivity index (χ2v) is 4.28. The summed E-state index contributed by atoms with van der Waals surface area (Å²) in [4.78, 5) is 10.8. The Bertz CT molecular complexity index is 375. The van der Waals surface area contributed by atoms with Crippen LogP contribution in [0.25, 0.3) is 0 Å². The Morgan fingerprint density at radius 2 is 2.00 bits per heavy atom. The van der Waals surface area contributed by atoms with Crippen molar-refractivity contribution >= 4 is 5.97 Å². The van der Waals surface area contributed by atoms with Crippen LogP contribution in [0.5, 0.6) is 0 Å². The van der Waals surface area contributed by atoms with E-state index in [-0.39, 0.29) is 18.3 Å². The molecule has 0 aliphatic rings. The van der Waals surface area contributed by atoms with E-state index in [0.29, 0.717) is 0 Å². The van der Waals surface area contributed by atoms with E-state index in [1.54, 1.807) is 26.0 Å². The van der Waals surface area contributed by atoms with Crippen molar-refractivity contribution in [3.8, 4) is 0 Å². The van der Waals surface area contributed by atoms with Gasteiger partial charge in [-0.1, -0.05) is 19.1 Å². The van der Waals surface area contributed by atoms with Crippen molar-refractivity contribution in [2.75, 3.05) is 0 Å². The van der Waals surface area contributed by atoms with Crippen molar-refractivity contribution in [3.05, 3.63) is 35.6 Å². The third-order valence-electron chi connectivity index (χ3n) is 3.03. The Hall–Kier alpha value is -1.42.